The number of carbonyl (C=O) groups excluding carboxylic acids is 1. The molecule has 1 saturated heterocycles. The zero-order valence-corrected chi connectivity index (χ0v) is 17.4. The molecule has 2 aromatic carbocycles. The van der Waals surface area contributed by atoms with Crippen molar-refractivity contribution in [3.05, 3.63) is 59.7 Å². The average Bonchev–Trinajstić information content (AvgIpc) is 2.68. The number of hydrogen-bond donors (Lipinski definition) is 1. The molecule has 3 rings (SSSR count). The number of benzene rings is 2. The number of aryl methyl sites for hydroxylation is 2. The van der Waals surface area contributed by atoms with Crippen LogP contribution in [0.1, 0.15) is 18.1 Å². The molecular formula is C21H27N3O3S. The van der Waals surface area contributed by atoms with Gasteiger partial charge in [-0.25, -0.2) is 8.42 Å². The van der Waals surface area contributed by atoms with Crippen LogP contribution in [0.4, 0.5) is 5.69 Å². The zero-order valence-electron chi connectivity index (χ0n) is 16.6. The predicted molar refractivity (Wildman–Crippen MR) is 111 cm³/mol. The lowest BCUT2D eigenvalue weighted by molar-refractivity contribution is -0.121. The van der Waals surface area contributed by atoms with E-state index in [4.69, 9.17) is 0 Å². The van der Waals surface area contributed by atoms with Gasteiger partial charge < -0.3 is 5.32 Å². The van der Waals surface area contributed by atoms with Crippen molar-refractivity contribution in [2.45, 2.75) is 31.7 Å². The van der Waals surface area contributed by atoms with Gasteiger partial charge in [0.15, 0.2) is 0 Å². The third-order valence-corrected chi connectivity index (χ3v) is 7.06. The number of piperazine rings is 1. The lowest BCUT2D eigenvalue weighted by Gasteiger charge is -2.36. The molecule has 1 heterocycles. The zero-order chi connectivity index (χ0) is 20.3. The summed E-state index contributed by atoms with van der Waals surface area (Å²) in [5.74, 6) is -0.0829. The van der Waals surface area contributed by atoms with E-state index < -0.39 is 10.0 Å². The van der Waals surface area contributed by atoms with E-state index in [0.717, 1.165) is 16.8 Å². The normalized spacial score (nSPS) is 17.2. The maximum atomic E-state index is 12.8. The summed E-state index contributed by atoms with van der Waals surface area (Å²) < 4.78 is 27.1. The first-order valence-electron chi connectivity index (χ1n) is 9.46. The van der Waals surface area contributed by atoms with E-state index in [1.165, 1.54) is 4.31 Å². The predicted octanol–water partition coefficient (Wildman–Crippen LogP) is 2.64. The first-order valence-corrected chi connectivity index (χ1v) is 10.9. The number of rotatable bonds is 5. The maximum Gasteiger partial charge on any atom is 0.243 e. The monoisotopic (exact) mass is 401 g/mol. The molecule has 150 valence electrons. The molecule has 1 atom stereocenters. The van der Waals surface area contributed by atoms with Crippen molar-refractivity contribution in [1.82, 2.24) is 9.21 Å². The summed E-state index contributed by atoms with van der Waals surface area (Å²) in [4.78, 5) is 14.9. The Kier molecular flexibility index (Phi) is 6.17. The van der Waals surface area contributed by atoms with E-state index in [1.54, 1.807) is 24.3 Å². The van der Waals surface area contributed by atoms with Crippen LogP contribution in [-0.4, -0.2) is 55.8 Å². The summed E-state index contributed by atoms with van der Waals surface area (Å²) >= 11 is 0. The topological polar surface area (TPSA) is 69.7 Å². The van der Waals surface area contributed by atoms with Gasteiger partial charge in [0.05, 0.1) is 10.9 Å². The summed E-state index contributed by atoms with van der Waals surface area (Å²) in [6.07, 6.45) is 0. The number of nitrogens with one attached hydrogen (secondary N) is 1. The van der Waals surface area contributed by atoms with E-state index in [0.29, 0.717) is 31.1 Å². The molecule has 7 heteroatoms. The van der Waals surface area contributed by atoms with Crippen LogP contribution < -0.4 is 5.32 Å². The van der Waals surface area contributed by atoms with E-state index in [9.17, 15) is 13.2 Å². The summed E-state index contributed by atoms with van der Waals surface area (Å²) in [5, 5.41) is 2.94. The third kappa shape index (κ3) is 4.60. The Morgan fingerprint density at radius 2 is 1.61 bits per heavy atom. The fourth-order valence-electron chi connectivity index (χ4n) is 3.33. The van der Waals surface area contributed by atoms with Gasteiger partial charge >= 0.3 is 0 Å². The number of amides is 1. The number of hydrogen-bond acceptors (Lipinski definition) is 4. The van der Waals surface area contributed by atoms with Crippen LogP contribution in [-0.2, 0) is 14.8 Å². The van der Waals surface area contributed by atoms with Crippen LogP contribution in [0.2, 0.25) is 0 Å². The van der Waals surface area contributed by atoms with Crippen molar-refractivity contribution < 1.29 is 13.2 Å². The lowest BCUT2D eigenvalue weighted by Crippen LogP contribution is -2.53. The first-order chi connectivity index (χ1) is 13.3. The Bertz CT molecular complexity index is 934. The van der Waals surface area contributed by atoms with Crippen LogP contribution in [0.5, 0.6) is 0 Å². The number of carbonyl (C=O) groups is 1. The first kappa shape index (κ1) is 20.5. The second kappa shape index (κ2) is 8.43. The molecular weight excluding hydrogens is 374 g/mol. The van der Waals surface area contributed by atoms with Crippen molar-refractivity contribution in [2.24, 2.45) is 0 Å². The summed E-state index contributed by atoms with van der Waals surface area (Å²) in [7, 11) is -3.50. The van der Waals surface area contributed by atoms with E-state index >= 15 is 0 Å². The largest absolute Gasteiger partial charge is 0.325 e. The van der Waals surface area contributed by atoms with Gasteiger partial charge in [-0.15, -0.1) is 0 Å². The molecule has 0 aromatic heterocycles. The van der Waals surface area contributed by atoms with E-state index in [2.05, 4.69) is 5.32 Å². The van der Waals surface area contributed by atoms with Gasteiger partial charge in [0.2, 0.25) is 15.9 Å². The third-order valence-electron chi connectivity index (χ3n) is 5.14. The van der Waals surface area contributed by atoms with Crippen molar-refractivity contribution >= 4 is 21.6 Å². The highest BCUT2D eigenvalue weighted by atomic mass is 32.2. The highest BCUT2D eigenvalue weighted by molar-refractivity contribution is 7.89. The molecule has 0 radical (unpaired) electrons. The quantitative estimate of drug-likeness (QED) is 0.836. The van der Waals surface area contributed by atoms with Crippen LogP contribution in [0.25, 0.3) is 0 Å². The van der Waals surface area contributed by atoms with Crippen molar-refractivity contribution in [3.63, 3.8) is 0 Å². The molecule has 0 saturated carbocycles. The van der Waals surface area contributed by atoms with Crippen LogP contribution in [0.3, 0.4) is 0 Å². The van der Waals surface area contributed by atoms with Gasteiger partial charge in [-0.1, -0.05) is 29.8 Å². The molecule has 2 aromatic rings. The Morgan fingerprint density at radius 3 is 2.21 bits per heavy atom. The molecule has 1 N–H and O–H groups in total. The van der Waals surface area contributed by atoms with Crippen molar-refractivity contribution in [1.29, 1.82) is 0 Å². The standard InChI is InChI=1S/C21H27N3O3S/c1-16-7-9-20(10-8-16)28(26,27)24-13-11-23(12-14-24)18(3)21(25)22-19-6-4-5-17(2)15-19/h4-10,15,18H,11-14H2,1-3H3,(H,22,25). The molecule has 0 bridgehead atoms. The molecule has 1 unspecified atom stereocenters. The van der Waals surface area contributed by atoms with Crippen LogP contribution in [0.15, 0.2) is 53.4 Å². The highest BCUT2D eigenvalue weighted by Gasteiger charge is 2.31. The van der Waals surface area contributed by atoms with Gasteiger partial charge in [-0.2, -0.15) is 4.31 Å². The van der Waals surface area contributed by atoms with E-state index in [1.807, 2.05) is 49.9 Å². The van der Waals surface area contributed by atoms with Gasteiger partial charge in [-0.3, -0.25) is 9.69 Å². The Hall–Kier alpha value is -2.22. The smallest absolute Gasteiger partial charge is 0.243 e. The molecule has 0 spiro atoms. The molecule has 1 aliphatic rings. The van der Waals surface area contributed by atoms with Crippen molar-refractivity contribution in [3.8, 4) is 0 Å². The molecule has 1 amide bonds. The van der Waals surface area contributed by atoms with Gasteiger partial charge in [0.25, 0.3) is 0 Å². The summed E-state index contributed by atoms with van der Waals surface area (Å²) in [5.41, 5.74) is 2.88. The van der Waals surface area contributed by atoms with Crippen LogP contribution >= 0.6 is 0 Å². The average molecular weight is 402 g/mol. The minimum Gasteiger partial charge on any atom is -0.325 e. The minimum atomic E-state index is -3.50. The minimum absolute atomic E-state index is 0.0829. The molecule has 28 heavy (non-hydrogen) atoms. The Balaban J connectivity index is 1.59. The fourth-order valence-corrected chi connectivity index (χ4v) is 4.75. The van der Waals surface area contributed by atoms with Gasteiger partial charge in [0.1, 0.15) is 0 Å². The molecule has 1 aliphatic heterocycles. The molecule has 0 aliphatic carbocycles. The summed E-state index contributed by atoms with van der Waals surface area (Å²) in [6.45, 7) is 7.55. The Labute approximate surface area is 167 Å². The second-order valence-corrected chi connectivity index (χ2v) is 9.23. The number of anilines is 1. The van der Waals surface area contributed by atoms with Gasteiger partial charge in [0, 0.05) is 31.9 Å². The SMILES string of the molecule is Cc1ccc(S(=O)(=O)N2CCN(C(C)C(=O)Nc3cccc(C)c3)CC2)cc1. The van der Waals surface area contributed by atoms with Crippen LogP contribution in [0, 0.1) is 13.8 Å². The Morgan fingerprint density at radius 1 is 0.964 bits per heavy atom. The van der Waals surface area contributed by atoms with Crippen molar-refractivity contribution in [2.75, 3.05) is 31.5 Å². The highest BCUT2D eigenvalue weighted by Crippen LogP contribution is 2.19. The number of sulfonamides is 1. The summed E-state index contributed by atoms with van der Waals surface area (Å²) in [6, 6.07) is 14.3. The lowest BCUT2D eigenvalue weighted by atomic mass is 10.2. The number of nitrogens with zero attached hydrogens (tertiary/aromatic N) is 2. The maximum absolute atomic E-state index is 12.8. The second-order valence-electron chi connectivity index (χ2n) is 7.29. The van der Waals surface area contributed by atoms with E-state index in [-0.39, 0.29) is 11.9 Å². The molecule has 6 nitrogen and oxygen atoms in total. The molecule has 1 fully saturated rings. The van der Waals surface area contributed by atoms with Gasteiger partial charge in [-0.05, 0) is 50.6 Å². The fraction of sp³-hybridized carbons (Fsp3) is 0.381.